The van der Waals surface area contributed by atoms with E-state index in [0.717, 1.165) is 5.56 Å². The minimum atomic E-state index is -0.734. The van der Waals surface area contributed by atoms with Gasteiger partial charge in [-0.3, -0.25) is 4.90 Å². The van der Waals surface area contributed by atoms with Crippen molar-refractivity contribution < 1.29 is 9.63 Å². The van der Waals surface area contributed by atoms with E-state index >= 15 is 0 Å². The van der Waals surface area contributed by atoms with Crippen LogP contribution in [0.3, 0.4) is 0 Å². The third-order valence-corrected chi connectivity index (χ3v) is 2.78. The average molecular weight is 275 g/mol. The summed E-state index contributed by atoms with van der Waals surface area (Å²) >= 11 is 0. The number of aromatic nitrogens is 2. The smallest absolute Gasteiger partial charge is 0.240 e. The first-order chi connectivity index (χ1) is 9.42. The Morgan fingerprint density at radius 3 is 2.60 bits per heavy atom. The van der Waals surface area contributed by atoms with Crippen LogP contribution in [0.1, 0.15) is 31.1 Å². The summed E-state index contributed by atoms with van der Waals surface area (Å²) in [6, 6.07) is 10.0. The van der Waals surface area contributed by atoms with Gasteiger partial charge in [0.1, 0.15) is 0 Å². The normalized spacial score (nSPS) is 12.1. The van der Waals surface area contributed by atoms with Crippen molar-refractivity contribution in [2.45, 2.75) is 32.4 Å². The Balaban J connectivity index is 1.92. The second kappa shape index (κ2) is 6.15. The van der Waals surface area contributed by atoms with Gasteiger partial charge in [-0.1, -0.05) is 35.5 Å². The van der Waals surface area contributed by atoms with Crippen LogP contribution in [0.15, 0.2) is 34.9 Å². The van der Waals surface area contributed by atoms with E-state index in [1.807, 2.05) is 42.3 Å². The molecular formula is C15H21N3O2. The highest BCUT2D eigenvalue weighted by Crippen LogP contribution is 2.09. The first-order valence-corrected chi connectivity index (χ1v) is 6.69. The van der Waals surface area contributed by atoms with Crippen molar-refractivity contribution in [1.82, 2.24) is 15.0 Å². The summed E-state index contributed by atoms with van der Waals surface area (Å²) in [5, 5.41) is 13.7. The number of hydrogen-bond acceptors (Lipinski definition) is 5. The summed E-state index contributed by atoms with van der Waals surface area (Å²) in [6.45, 7) is 4.63. The predicted octanol–water partition coefficient (Wildman–Crippen LogP) is 1.86. The molecule has 108 valence electrons. The molecule has 0 amide bonds. The molecule has 0 saturated carbocycles. The summed E-state index contributed by atoms with van der Waals surface area (Å²) in [4.78, 5) is 6.33. The van der Waals surface area contributed by atoms with Gasteiger partial charge < -0.3 is 9.63 Å². The first kappa shape index (κ1) is 14.7. The van der Waals surface area contributed by atoms with Crippen LogP contribution in [0.5, 0.6) is 0 Å². The lowest BCUT2D eigenvalue weighted by Gasteiger charge is -2.23. The summed E-state index contributed by atoms with van der Waals surface area (Å²) in [6.07, 6.45) is 0.666. The quantitative estimate of drug-likeness (QED) is 0.872. The topological polar surface area (TPSA) is 62.4 Å². The van der Waals surface area contributed by atoms with Gasteiger partial charge in [0.2, 0.25) is 5.89 Å². The van der Waals surface area contributed by atoms with Gasteiger partial charge in [0.25, 0.3) is 0 Å². The maximum atomic E-state index is 9.76. The zero-order valence-electron chi connectivity index (χ0n) is 12.2. The SMILES string of the molecule is CN(Cc1nc(Cc2ccccc2)no1)CC(C)(C)O. The van der Waals surface area contributed by atoms with E-state index in [1.54, 1.807) is 13.8 Å². The van der Waals surface area contributed by atoms with Crippen LogP contribution in [-0.2, 0) is 13.0 Å². The van der Waals surface area contributed by atoms with Gasteiger partial charge in [-0.2, -0.15) is 4.98 Å². The molecule has 0 spiro atoms. The van der Waals surface area contributed by atoms with Crippen molar-refractivity contribution in [1.29, 1.82) is 0 Å². The molecule has 1 aromatic carbocycles. The van der Waals surface area contributed by atoms with E-state index in [2.05, 4.69) is 10.1 Å². The van der Waals surface area contributed by atoms with Crippen molar-refractivity contribution in [2.24, 2.45) is 0 Å². The zero-order chi connectivity index (χ0) is 14.6. The molecule has 20 heavy (non-hydrogen) atoms. The predicted molar refractivity (Wildman–Crippen MR) is 76.2 cm³/mol. The summed E-state index contributed by atoms with van der Waals surface area (Å²) < 4.78 is 5.24. The molecule has 0 aliphatic rings. The lowest BCUT2D eigenvalue weighted by atomic mass is 10.1. The van der Waals surface area contributed by atoms with Crippen molar-refractivity contribution in [2.75, 3.05) is 13.6 Å². The van der Waals surface area contributed by atoms with Gasteiger partial charge in [-0.05, 0) is 26.5 Å². The van der Waals surface area contributed by atoms with Gasteiger partial charge in [0.15, 0.2) is 5.82 Å². The van der Waals surface area contributed by atoms with E-state index in [1.165, 1.54) is 0 Å². The molecule has 1 heterocycles. The van der Waals surface area contributed by atoms with Crippen LogP contribution in [0, 0.1) is 0 Å². The number of nitrogens with zero attached hydrogens (tertiary/aromatic N) is 3. The Labute approximate surface area is 119 Å². The molecule has 5 heteroatoms. The zero-order valence-corrected chi connectivity index (χ0v) is 12.2. The molecule has 5 nitrogen and oxygen atoms in total. The standard InChI is InChI=1S/C15H21N3O2/c1-15(2,19)11-18(3)10-14-16-13(17-20-14)9-12-7-5-4-6-8-12/h4-8,19H,9-11H2,1-3H3. The fraction of sp³-hybridized carbons (Fsp3) is 0.467. The lowest BCUT2D eigenvalue weighted by molar-refractivity contribution is 0.0397. The molecule has 1 aromatic heterocycles. The third-order valence-electron chi connectivity index (χ3n) is 2.78. The maximum Gasteiger partial charge on any atom is 0.240 e. The van der Waals surface area contributed by atoms with E-state index in [9.17, 15) is 5.11 Å². The highest BCUT2D eigenvalue weighted by molar-refractivity contribution is 5.18. The number of hydrogen-bond donors (Lipinski definition) is 1. The fourth-order valence-electron chi connectivity index (χ4n) is 2.15. The first-order valence-electron chi connectivity index (χ1n) is 6.69. The van der Waals surface area contributed by atoms with Crippen LogP contribution in [0.25, 0.3) is 0 Å². The van der Waals surface area contributed by atoms with E-state index in [4.69, 9.17) is 4.52 Å². The van der Waals surface area contributed by atoms with Gasteiger partial charge in [-0.25, -0.2) is 0 Å². The van der Waals surface area contributed by atoms with E-state index < -0.39 is 5.60 Å². The van der Waals surface area contributed by atoms with Gasteiger partial charge in [0, 0.05) is 13.0 Å². The third kappa shape index (κ3) is 4.75. The highest BCUT2D eigenvalue weighted by Gasteiger charge is 2.17. The summed E-state index contributed by atoms with van der Waals surface area (Å²) in [7, 11) is 1.92. The van der Waals surface area contributed by atoms with Gasteiger partial charge >= 0.3 is 0 Å². The van der Waals surface area contributed by atoms with Crippen molar-refractivity contribution in [3.05, 3.63) is 47.6 Å². The van der Waals surface area contributed by atoms with Crippen LogP contribution in [-0.4, -0.2) is 39.3 Å². The van der Waals surface area contributed by atoms with E-state index in [0.29, 0.717) is 31.2 Å². The molecule has 0 atom stereocenters. The molecule has 0 fully saturated rings. The monoisotopic (exact) mass is 275 g/mol. The molecule has 2 rings (SSSR count). The molecular weight excluding hydrogens is 254 g/mol. The molecule has 0 aliphatic carbocycles. The van der Waals surface area contributed by atoms with Crippen LogP contribution in [0.2, 0.25) is 0 Å². The molecule has 0 bridgehead atoms. The Hall–Kier alpha value is -1.72. The summed E-state index contributed by atoms with van der Waals surface area (Å²) in [5.41, 5.74) is 0.423. The maximum absolute atomic E-state index is 9.76. The van der Waals surface area contributed by atoms with Crippen LogP contribution >= 0.6 is 0 Å². The van der Waals surface area contributed by atoms with Crippen LogP contribution < -0.4 is 0 Å². The minimum Gasteiger partial charge on any atom is -0.389 e. The molecule has 2 aromatic rings. The molecule has 0 aliphatic heterocycles. The number of benzene rings is 1. The number of aliphatic hydroxyl groups is 1. The largest absolute Gasteiger partial charge is 0.389 e. The highest BCUT2D eigenvalue weighted by atomic mass is 16.5. The number of likely N-dealkylation sites (N-methyl/N-ethyl adjacent to an activating group) is 1. The molecule has 1 N–H and O–H groups in total. The Kier molecular flexibility index (Phi) is 4.52. The molecule has 0 saturated heterocycles. The Morgan fingerprint density at radius 1 is 1.25 bits per heavy atom. The minimum absolute atomic E-state index is 0.534. The van der Waals surface area contributed by atoms with Crippen molar-refractivity contribution >= 4 is 0 Å². The Morgan fingerprint density at radius 2 is 1.95 bits per heavy atom. The van der Waals surface area contributed by atoms with E-state index in [-0.39, 0.29) is 0 Å². The lowest BCUT2D eigenvalue weighted by Crippen LogP contribution is -2.35. The fourth-order valence-corrected chi connectivity index (χ4v) is 2.15. The van der Waals surface area contributed by atoms with Crippen LogP contribution in [0.4, 0.5) is 0 Å². The summed E-state index contributed by atoms with van der Waals surface area (Å²) in [5.74, 6) is 1.26. The van der Waals surface area contributed by atoms with Crippen molar-refractivity contribution in [3.63, 3.8) is 0 Å². The Bertz CT molecular complexity index is 532. The second-order valence-corrected chi connectivity index (χ2v) is 5.75. The van der Waals surface area contributed by atoms with Crippen molar-refractivity contribution in [3.8, 4) is 0 Å². The van der Waals surface area contributed by atoms with Gasteiger partial charge in [0.05, 0.1) is 12.1 Å². The average Bonchev–Trinajstić information content (AvgIpc) is 2.75. The second-order valence-electron chi connectivity index (χ2n) is 5.75. The van der Waals surface area contributed by atoms with Gasteiger partial charge in [-0.15, -0.1) is 0 Å². The molecule has 0 radical (unpaired) electrons. The number of rotatable bonds is 6. The molecule has 0 unspecified atom stereocenters.